The van der Waals surface area contributed by atoms with E-state index in [-0.39, 0.29) is 6.04 Å². The van der Waals surface area contributed by atoms with Crippen LogP contribution in [-0.4, -0.2) is 43.1 Å². The first-order valence-corrected chi connectivity index (χ1v) is 8.13. The zero-order valence-corrected chi connectivity index (χ0v) is 12.7. The van der Waals surface area contributed by atoms with Gasteiger partial charge in [0, 0.05) is 30.1 Å². The highest BCUT2D eigenvalue weighted by Gasteiger charge is 2.27. The number of likely N-dealkylation sites (N-methyl/N-ethyl adjacent to an activating group) is 1. The molecule has 2 aliphatic rings. The maximum atomic E-state index is 6.18. The number of piperidine rings is 1. The Morgan fingerprint density at radius 2 is 2.16 bits per heavy atom. The monoisotopic (exact) mass is 280 g/mol. The number of thiazole rings is 1. The number of hydrogen-bond donors (Lipinski definition) is 1. The minimum absolute atomic E-state index is 0.170. The van der Waals surface area contributed by atoms with Crippen molar-refractivity contribution in [2.24, 2.45) is 5.73 Å². The lowest BCUT2D eigenvalue weighted by Gasteiger charge is -2.35. The van der Waals surface area contributed by atoms with Gasteiger partial charge in [-0.05, 0) is 46.2 Å². The van der Waals surface area contributed by atoms with Crippen LogP contribution in [0.2, 0.25) is 0 Å². The first kappa shape index (κ1) is 13.3. The quantitative estimate of drug-likeness (QED) is 0.900. The largest absolute Gasteiger partial charge is 0.347 e. The molecule has 1 aromatic heterocycles. The molecule has 19 heavy (non-hydrogen) atoms. The van der Waals surface area contributed by atoms with Gasteiger partial charge in [-0.3, -0.25) is 0 Å². The van der Waals surface area contributed by atoms with Gasteiger partial charge in [0.25, 0.3) is 0 Å². The molecule has 1 aromatic rings. The normalized spacial score (nSPS) is 27.7. The number of rotatable bonds is 2. The van der Waals surface area contributed by atoms with Gasteiger partial charge in [-0.25, -0.2) is 4.98 Å². The molecule has 0 aromatic carbocycles. The summed E-state index contributed by atoms with van der Waals surface area (Å²) in [6.07, 6.45) is 6.05. The van der Waals surface area contributed by atoms with Crippen molar-refractivity contribution in [1.29, 1.82) is 0 Å². The summed E-state index contributed by atoms with van der Waals surface area (Å²) in [6, 6.07) is 0.825. The van der Waals surface area contributed by atoms with E-state index in [1.165, 1.54) is 41.4 Å². The smallest absolute Gasteiger partial charge is 0.185 e. The molecule has 2 heterocycles. The molecule has 2 atom stereocenters. The minimum Gasteiger partial charge on any atom is -0.347 e. The number of fused-ring (bicyclic) bond motifs is 1. The van der Waals surface area contributed by atoms with Crippen LogP contribution in [0.5, 0.6) is 0 Å². The molecule has 1 aliphatic heterocycles. The van der Waals surface area contributed by atoms with Gasteiger partial charge in [-0.1, -0.05) is 0 Å². The summed E-state index contributed by atoms with van der Waals surface area (Å²) in [7, 11) is 4.36. The summed E-state index contributed by atoms with van der Waals surface area (Å²) in [5.41, 5.74) is 7.36. The molecular formula is C14H24N4S. The Morgan fingerprint density at radius 1 is 1.32 bits per heavy atom. The molecular weight excluding hydrogens is 256 g/mol. The van der Waals surface area contributed by atoms with E-state index in [1.807, 2.05) is 11.3 Å². The molecule has 2 N–H and O–H groups in total. The van der Waals surface area contributed by atoms with Crippen LogP contribution in [0.3, 0.4) is 0 Å². The summed E-state index contributed by atoms with van der Waals surface area (Å²) < 4.78 is 0. The van der Waals surface area contributed by atoms with Crippen LogP contribution >= 0.6 is 11.3 Å². The molecule has 1 aliphatic carbocycles. The highest BCUT2D eigenvalue weighted by atomic mass is 32.1. The van der Waals surface area contributed by atoms with E-state index < -0.39 is 0 Å². The third-order valence-corrected chi connectivity index (χ3v) is 5.58. The molecule has 5 heteroatoms. The second-order valence-electron chi connectivity index (χ2n) is 6.01. The molecule has 0 bridgehead atoms. The molecule has 1 saturated heterocycles. The van der Waals surface area contributed by atoms with Crippen molar-refractivity contribution in [3.8, 4) is 0 Å². The summed E-state index contributed by atoms with van der Waals surface area (Å²) >= 11 is 1.88. The van der Waals surface area contributed by atoms with Crippen molar-refractivity contribution in [3.63, 3.8) is 0 Å². The lowest BCUT2D eigenvalue weighted by atomic mass is 9.99. The Kier molecular flexibility index (Phi) is 3.78. The molecule has 0 saturated carbocycles. The van der Waals surface area contributed by atoms with E-state index in [0.29, 0.717) is 6.04 Å². The van der Waals surface area contributed by atoms with Crippen molar-refractivity contribution < 1.29 is 0 Å². The van der Waals surface area contributed by atoms with Crippen molar-refractivity contribution >= 4 is 16.5 Å². The lowest BCUT2D eigenvalue weighted by Crippen LogP contribution is -2.45. The number of anilines is 1. The fraction of sp³-hybridized carbons (Fsp3) is 0.786. The van der Waals surface area contributed by atoms with E-state index in [9.17, 15) is 0 Å². The maximum Gasteiger partial charge on any atom is 0.185 e. The molecule has 4 nitrogen and oxygen atoms in total. The van der Waals surface area contributed by atoms with Crippen LogP contribution in [0.15, 0.2) is 0 Å². The van der Waals surface area contributed by atoms with E-state index in [2.05, 4.69) is 23.9 Å². The SMILES string of the molecule is CN(C)C1CCCN(c2nc3c(s2)CCCC3N)C1. The highest BCUT2D eigenvalue weighted by Crippen LogP contribution is 2.36. The van der Waals surface area contributed by atoms with Gasteiger partial charge < -0.3 is 15.5 Å². The summed E-state index contributed by atoms with van der Waals surface area (Å²) in [4.78, 5) is 11.1. The van der Waals surface area contributed by atoms with Crippen molar-refractivity contribution in [1.82, 2.24) is 9.88 Å². The molecule has 0 amide bonds. The van der Waals surface area contributed by atoms with Gasteiger partial charge in [-0.2, -0.15) is 0 Å². The predicted molar refractivity (Wildman–Crippen MR) is 80.9 cm³/mol. The standard InChI is InChI=1S/C14H24N4S/c1-17(2)10-5-4-8-18(9-10)14-16-13-11(15)6-3-7-12(13)19-14/h10-11H,3-9,15H2,1-2H3. The van der Waals surface area contributed by atoms with E-state index >= 15 is 0 Å². The summed E-state index contributed by atoms with van der Waals surface area (Å²) in [5.74, 6) is 0. The average molecular weight is 280 g/mol. The van der Waals surface area contributed by atoms with E-state index in [4.69, 9.17) is 10.7 Å². The number of aromatic nitrogens is 1. The highest BCUT2D eigenvalue weighted by molar-refractivity contribution is 7.15. The predicted octanol–water partition coefficient (Wildman–Crippen LogP) is 2.01. The zero-order valence-electron chi connectivity index (χ0n) is 11.9. The first-order chi connectivity index (χ1) is 9.15. The lowest BCUT2D eigenvalue weighted by molar-refractivity contribution is 0.258. The Morgan fingerprint density at radius 3 is 2.89 bits per heavy atom. The number of nitrogens with zero attached hydrogens (tertiary/aromatic N) is 3. The molecule has 3 rings (SSSR count). The van der Waals surface area contributed by atoms with Gasteiger partial charge in [-0.15, -0.1) is 11.3 Å². The van der Waals surface area contributed by atoms with Gasteiger partial charge in [0.1, 0.15) is 0 Å². The van der Waals surface area contributed by atoms with Crippen LogP contribution in [-0.2, 0) is 6.42 Å². The van der Waals surface area contributed by atoms with E-state index in [0.717, 1.165) is 19.5 Å². The fourth-order valence-corrected chi connectivity index (χ4v) is 4.33. The maximum absolute atomic E-state index is 6.18. The Balaban J connectivity index is 1.78. The van der Waals surface area contributed by atoms with Gasteiger partial charge in [0.2, 0.25) is 0 Å². The van der Waals surface area contributed by atoms with Crippen LogP contribution < -0.4 is 10.6 Å². The molecule has 106 valence electrons. The number of aryl methyl sites for hydroxylation is 1. The van der Waals surface area contributed by atoms with Crippen LogP contribution in [0.1, 0.15) is 42.3 Å². The first-order valence-electron chi connectivity index (χ1n) is 7.31. The van der Waals surface area contributed by atoms with Crippen LogP contribution in [0, 0.1) is 0 Å². The number of hydrogen-bond acceptors (Lipinski definition) is 5. The molecule has 0 radical (unpaired) electrons. The van der Waals surface area contributed by atoms with Crippen molar-refractivity contribution in [2.75, 3.05) is 32.1 Å². The molecule has 2 unspecified atom stereocenters. The third-order valence-electron chi connectivity index (χ3n) is 4.38. The molecule has 0 spiro atoms. The van der Waals surface area contributed by atoms with Crippen molar-refractivity contribution in [2.45, 2.75) is 44.2 Å². The summed E-state index contributed by atoms with van der Waals surface area (Å²) in [5, 5.41) is 1.20. The molecule has 1 fully saturated rings. The van der Waals surface area contributed by atoms with Crippen LogP contribution in [0.4, 0.5) is 5.13 Å². The third kappa shape index (κ3) is 2.64. The van der Waals surface area contributed by atoms with Gasteiger partial charge >= 0.3 is 0 Å². The second kappa shape index (κ2) is 5.38. The van der Waals surface area contributed by atoms with E-state index in [1.54, 1.807) is 0 Å². The average Bonchev–Trinajstić information content (AvgIpc) is 2.84. The van der Waals surface area contributed by atoms with Gasteiger partial charge in [0.15, 0.2) is 5.13 Å². The fourth-order valence-electron chi connectivity index (χ4n) is 3.12. The second-order valence-corrected chi connectivity index (χ2v) is 7.07. The minimum atomic E-state index is 0.170. The Bertz CT molecular complexity index is 443. The van der Waals surface area contributed by atoms with Gasteiger partial charge in [0.05, 0.1) is 5.69 Å². The zero-order chi connectivity index (χ0) is 13.4. The Hall–Kier alpha value is -0.650. The topological polar surface area (TPSA) is 45.4 Å². The van der Waals surface area contributed by atoms with Crippen molar-refractivity contribution in [3.05, 3.63) is 10.6 Å². The Labute approximate surface area is 119 Å². The summed E-state index contributed by atoms with van der Waals surface area (Å²) in [6.45, 7) is 2.25. The number of nitrogens with two attached hydrogens (primary N) is 1. The van der Waals surface area contributed by atoms with Crippen LogP contribution in [0.25, 0.3) is 0 Å².